The molecule has 5 rings (SSSR count). The molecular weight excluding hydrogens is 466 g/mol. The van der Waals surface area contributed by atoms with Gasteiger partial charge in [0.15, 0.2) is 0 Å². The monoisotopic (exact) mass is 511 g/mol. The Morgan fingerprint density at radius 2 is 1.40 bits per heavy atom. The van der Waals surface area contributed by atoms with Crippen LogP contribution in [0.5, 0.6) is 5.88 Å². The predicted molar refractivity (Wildman–Crippen MR) is 138 cm³/mol. The number of rotatable bonds is 17. The Kier molecular flexibility index (Phi) is 11.9. The summed E-state index contributed by atoms with van der Waals surface area (Å²) < 4.78 is 32.1. The normalized spacial score (nSPS) is 25.3. The summed E-state index contributed by atoms with van der Waals surface area (Å²) in [6.45, 7) is 14.4. The smallest absolute Gasteiger partial charge is 0.249 e. The number of ether oxygens (including phenoxy) is 4. The molecule has 9 nitrogen and oxygen atoms in total. The molecule has 4 aliphatic heterocycles. The molecule has 1 aromatic heterocycles. The maximum absolute atomic E-state index is 5.97. The first-order chi connectivity index (χ1) is 17.3. The summed E-state index contributed by atoms with van der Waals surface area (Å²) in [7, 11) is 2.19. The Hall–Kier alpha value is -0.880. The largest absolute Gasteiger partial charge is 0.476 e. The third-order valence-corrected chi connectivity index (χ3v) is 7.99. The van der Waals surface area contributed by atoms with Crippen molar-refractivity contribution in [3.8, 4) is 5.88 Å². The number of likely N-dealkylation sites (N-methyl/N-ethyl adjacent to an activating group) is 1. The van der Waals surface area contributed by atoms with Gasteiger partial charge in [0.25, 0.3) is 0 Å². The summed E-state index contributed by atoms with van der Waals surface area (Å²) in [5, 5.41) is 0. The van der Waals surface area contributed by atoms with E-state index in [2.05, 4.69) is 30.5 Å². The first kappa shape index (κ1) is 27.2. The minimum Gasteiger partial charge on any atom is -0.476 e. The lowest BCUT2D eigenvalue weighted by molar-refractivity contribution is 0.0510. The Labute approximate surface area is 215 Å². The van der Waals surface area contributed by atoms with Gasteiger partial charge in [-0.2, -0.15) is 4.37 Å². The van der Waals surface area contributed by atoms with Crippen molar-refractivity contribution in [2.45, 2.75) is 38.0 Å². The molecule has 0 N–H and O–H groups in total. The lowest BCUT2D eigenvalue weighted by atomic mass is 9.77. The molecule has 10 heteroatoms. The highest BCUT2D eigenvalue weighted by molar-refractivity contribution is 6.99. The first-order valence-electron chi connectivity index (χ1n) is 13.6. The van der Waals surface area contributed by atoms with Crippen LogP contribution in [0.4, 0.5) is 0 Å². The van der Waals surface area contributed by atoms with E-state index in [-0.39, 0.29) is 0 Å². The maximum atomic E-state index is 5.97. The summed E-state index contributed by atoms with van der Waals surface area (Å²) in [5.74, 6) is 2.00. The average Bonchev–Trinajstić information content (AvgIpc) is 3.36. The van der Waals surface area contributed by atoms with Crippen molar-refractivity contribution in [2.24, 2.45) is 5.92 Å². The van der Waals surface area contributed by atoms with Gasteiger partial charge in [0.05, 0.1) is 24.9 Å². The van der Waals surface area contributed by atoms with Crippen LogP contribution in [0.2, 0.25) is 0 Å². The summed E-state index contributed by atoms with van der Waals surface area (Å²) in [5.41, 5.74) is 1.09. The van der Waals surface area contributed by atoms with Gasteiger partial charge in [0.1, 0.15) is 5.69 Å². The van der Waals surface area contributed by atoms with Crippen LogP contribution in [-0.2, 0) is 14.2 Å². The zero-order valence-electron chi connectivity index (χ0n) is 21.6. The van der Waals surface area contributed by atoms with Crippen molar-refractivity contribution in [1.82, 2.24) is 23.4 Å². The maximum Gasteiger partial charge on any atom is 0.249 e. The number of nitrogens with zero attached hydrogens (tertiary/aromatic N) is 5. The Balaban J connectivity index is 0.915. The van der Waals surface area contributed by atoms with E-state index in [4.69, 9.17) is 18.9 Å². The highest BCUT2D eigenvalue weighted by Gasteiger charge is 2.38. The number of hydrogen-bond donors (Lipinski definition) is 0. The topological polar surface area (TPSA) is 72.4 Å². The second-order valence-corrected chi connectivity index (χ2v) is 10.6. The van der Waals surface area contributed by atoms with Crippen LogP contribution in [0, 0.1) is 5.92 Å². The highest BCUT2D eigenvalue weighted by Crippen LogP contribution is 2.41. The van der Waals surface area contributed by atoms with Crippen molar-refractivity contribution in [3.63, 3.8) is 0 Å². The second-order valence-electron chi connectivity index (χ2n) is 10.1. The molecule has 4 aliphatic rings. The number of aromatic nitrogens is 2. The zero-order valence-corrected chi connectivity index (χ0v) is 22.4. The number of fused-ring (bicyclic) bond motifs is 3. The molecule has 1 unspecified atom stereocenters. The van der Waals surface area contributed by atoms with Gasteiger partial charge in [-0.15, -0.1) is 4.37 Å². The van der Waals surface area contributed by atoms with Gasteiger partial charge in [0.2, 0.25) is 5.88 Å². The van der Waals surface area contributed by atoms with E-state index < -0.39 is 0 Å². The van der Waals surface area contributed by atoms with E-state index in [1.807, 2.05) is 0 Å². The lowest BCUT2D eigenvalue weighted by Gasteiger charge is -2.44. The molecule has 0 aromatic carbocycles. The van der Waals surface area contributed by atoms with Crippen LogP contribution >= 0.6 is 11.7 Å². The Morgan fingerprint density at radius 1 is 0.771 bits per heavy atom. The van der Waals surface area contributed by atoms with E-state index in [0.29, 0.717) is 19.1 Å². The fraction of sp³-hybridized carbons (Fsp3) is 0.920. The predicted octanol–water partition coefficient (Wildman–Crippen LogP) is 2.19. The van der Waals surface area contributed by atoms with E-state index in [1.54, 1.807) is 0 Å². The standard InChI is InChI=1S/C25H45N5O4S/c1-28-9-11-29(12-10-28)13-20-33-17-3-16-31-14-2-15-32-18-4-19-34-25-24(26-35-27-25)23-21-30-7-5-22(23)6-8-30/h22-23H,2-21H2,1H3. The van der Waals surface area contributed by atoms with Crippen molar-refractivity contribution in [3.05, 3.63) is 5.69 Å². The van der Waals surface area contributed by atoms with Gasteiger partial charge >= 0.3 is 0 Å². The van der Waals surface area contributed by atoms with E-state index in [9.17, 15) is 0 Å². The molecule has 2 bridgehead atoms. The van der Waals surface area contributed by atoms with Crippen LogP contribution in [0.25, 0.3) is 0 Å². The highest BCUT2D eigenvalue weighted by atomic mass is 32.1. The van der Waals surface area contributed by atoms with Crippen molar-refractivity contribution < 1.29 is 18.9 Å². The SMILES string of the molecule is CN1CCN(CCOCCCOCCCOCCCOc2nsnc2C2CN3CCC2CC3)CC1. The molecule has 4 fully saturated rings. The molecular formula is C25H45N5O4S. The Morgan fingerprint density at radius 3 is 2.03 bits per heavy atom. The summed E-state index contributed by atoms with van der Waals surface area (Å²) >= 11 is 1.28. The van der Waals surface area contributed by atoms with Crippen molar-refractivity contribution in [2.75, 3.05) is 106 Å². The summed E-state index contributed by atoms with van der Waals surface area (Å²) in [6.07, 6.45) is 5.30. The first-order valence-corrected chi connectivity index (χ1v) is 14.3. The van der Waals surface area contributed by atoms with E-state index >= 15 is 0 Å². The minimum absolute atomic E-state index is 0.496. The van der Waals surface area contributed by atoms with Gasteiger partial charge in [-0.3, -0.25) is 4.90 Å². The number of hydrogen-bond acceptors (Lipinski definition) is 10. The third-order valence-electron chi connectivity index (χ3n) is 7.46. The average molecular weight is 512 g/mol. The molecule has 1 aromatic rings. The van der Waals surface area contributed by atoms with Gasteiger partial charge in [-0.1, -0.05) is 0 Å². The molecule has 5 heterocycles. The number of piperidine rings is 3. The van der Waals surface area contributed by atoms with Crippen molar-refractivity contribution in [1.29, 1.82) is 0 Å². The van der Waals surface area contributed by atoms with Crippen LogP contribution < -0.4 is 4.74 Å². The quantitative estimate of drug-likeness (QED) is 0.293. The molecule has 0 spiro atoms. The molecule has 35 heavy (non-hydrogen) atoms. The van der Waals surface area contributed by atoms with Gasteiger partial charge in [0, 0.05) is 84.6 Å². The fourth-order valence-corrected chi connectivity index (χ4v) is 5.78. The molecule has 0 aliphatic carbocycles. The molecule has 200 valence electrons. The van der Waals surface area contributed by atoms with Crippen LogP contribution in [-0.4, -0.2) is 129 Å². The summed E-state index contributed by atoms with van der Waals surface area (Å²) in [4.78, 5) is 7.41. The van der Waals surface area contributed by atoms with Crippen LogP contribution in [0.1, 0.15) is 43.7 Å². The zero-order chi connectivity index (χ0) is 24.1. The van der Waals surface area contributed by atoms with Gasteiger partial charge < -0.3 is 28.7 Å². The molecule has 4 saturated heterocycles. The van der Waals surface area contributed by atoms with Crippen LogP contribution in [0.3, 0.4) is 0 Å². The van der Waals surface area contributed by atoms with Gasteiger partial charge in [-0.05, 0) is 51.7 Å². The Bertz CT molecular complexity index is 695. The molecule has 0 radical (unpaired) electrons. The van der Waals surface area contributed by atoms with E-state index in [1.165, 1.54) is 37.7 Å². The van der Waals surface area contributed by atoms with Crippen LogP contribution in [0.15, 0.2) is 0 Å². The minimum atomic E-state index is 0.496. The van der Waals surface area contributed by atoms with E-state index in [0.717, 1.165) is 109 Å². The number of piperazine rings is 1. The van der Waals surface area contributed by atoms with Crippen molar-refractivity contribution >= 4 is 11.7 Å². The third kappa shape index (κ3) is 9.18. The van der Waals surface area contributed by atoms with Gasteiger partial charge in [-0.25, -0.2) is 0 Å². The lowest BCUT2D eigenvalue weighted by Crippen LogP contribution is -2.46. The molecule has 1 atom stereocenters. The second kappa shape index (κ2) is 15.4. The fourth-order valence-electron chi connectivity index (χ4n) is 5.22. The summed E-state index contributed by atoms with van der Waals surface area (Å²) in [6, 6.07) is 0. The molecule has 0 saturated carbocycles. The molecule has 0 amide bonds.